The van der Waals surface area contributed by atoms with E-state index < -0.39 is 12.0 Å². The van der Waals surface area contributed by atoms with Crippen LogP contribution in [-0.4, -0.2) is 61.1 Å². The first-order valence-corrected chi connectivity index (χ1v) is 10.7. The van der Waals surface area contributed by atoms with E-state index in [9.17, 15) is 9.59 Å². The van der Waals surface area contributed by atoms with E-state index in [2.05, 4.69) is 15.7 Å². The Morgan fingerprint density at radius 3 is 2.67 bits per heavy atom. The third kappa shape index (κ3) is 5.71. The zero-order valence-corrected chi connectivity index (χ0v) is 19.7. The lowest BCUT2D eigenvalue weighted by Crippen LogP contribution is -2.48. The number of hydrogen-bond acceptors (Lipinski definition) is 7. The van der Waals surface area contributed by atoms with E-state index in [1.54, 1.807) is 38.1 Å². The average Bonchev–Trinajstić information content (AvgIpc) is 3.17. The van der Waals surface area contributed by atoms with Crippen molar-refractivity contribution in [2.75, 3.05) is 34.4 Å². The number of hydrogen-bond donors (Lipinski definition) is 2. The highest BCUT2D eigenvalue weighted by atomic mass is 16.5. The summed E-state index contributed by atoms with van der Waals surface area (Å²) in [5.74, 6) is 0.182. The number of methoxy groups -OCH3 is 2. The van der Waals surface area contributed by atoms with E-state index in [1.165, 1.54) is 0 Å². The molecule has 2 amide bonds. The molecule has 2 heterocycles. The summed E-state index contributed by atoms with van der Waals surface area (Å²) in [4.78, 5) is 27.6. The summed E-state index contributed by atoms with van der Waals surface area (Å²) < 4.78 is 17.8. The van der Waals surface area contributed by atoms with Crippen LogP contribution in [0.3, 0.4) is 0 Å². The smallest absolute Gasteiger partial charge is 0.338 e. The highest BCUT2D eigenvalue weighted by Crippen LogP contribution is 2.31. The number of ether oxygens (including phenoxy) is 3. The molecule has 10 nitrogen and oxygen atoms in total. The number of amides is 2. The second-order valence-electron chi connectivity index (χ2n) is 7.77. The van der Waals surface area contributed by atoms with Crippen molar-refractivity contribution in [3.05, 3.63) is 58.6 Å². The average molecular weight is 458 g/mol. The molecule has 0 saturated carbocycles. The molecule has 0 spiro atoms. The van der Waals surface area contributed by atoms with Crippen LogP contribution in [0.25, 0.3) is 0 Å². The molecule has 0 aliphatic carbocycles. The van der Waals surface area contributed by atoms with Crippen molar-refractivity contribution in [2.45, 2.75) is 26.1 Å². The fourth-order valence-electron chi connectivity index (χ4n) is 3.85. The van der Waals surface area contributed by atoms with Crippen molar-refractivity contribution < 1.29 is 23.8 Å². The number of aromatic nitrogens is 2. The van der Waals surface area contributed by atoms with Crippen molar-refractivity contribution >= 4 is 12.0 Å². The first-order valence-electron chi connectivity index (χ1n) is 10.7. The van der Waals surface area contributed by atoms with Gasteiger partial charge in [-0.25, -0.2) is 9.59 Å². The maximum atomic E-state index is 13.0. The molecule has 33 heavy (non-hydrogen) atoms. The predicted octanol–water partition coefficient (Wildman–Crippen LogP) is 1.88. The number of carbonyl (C=O) groups is 2. The number of likely N-dealkylation sites (N-methyl/N-ethyl adjacent to an activating group) is 1. The minimum Gasteiger partial charge on any atom is -0.496 e. The first-order chi connectivity index (χ1) is 15.9. The van der Waals surface area contributed by atoms with E-state index in [0.29, 0.717) is 36.7 Å². The van der Waals surface area contributed by atoms with Gasteiger partial charge in [0.25, 0.3) is 0 Å². The Kier molecular flexibility index (Phi) is 8.07. The molecule has 3 rings (SSSR count). The molecule has 1 aromatic heterocycles. The normalized spacial score (nSPS) is 15.9. The Bertz CT molecular complexity index is 1030. The van der Waals surface area contributed by atoms with Crippen molar-refractivity contribution in [1.29, 1.82) is 0 Å². The van der Waals surface area contributed by atoms with Gasteiger partial charge in [-0.15, -0.1) is 0 Å². The quantitative estimate of drug-likeness (QED) is 0.525. The molecule has 0 saturated heterocycles. The summed E-state index contributed by atoms with van der Waals surface area (Å²) in [5, 5.41) is 9.86. The maximum absolute atomic E-state index is 13.0. The van der Waals surface area contributed by atoms with Crippen molar-refractivity contribution in [3.63, 3.8) is 0 Å². The number of urea groups is 1. The van der Waals surface area contributed by atoms with Gasteiger partial charge < -0.3 is 24.8 Å². The number of aryl methyl sites for hydroxylation is 1. The lowest BCUT2D eigenvalue weighted by atomic mass is 9.93. The lowest BCUT2D eigenvalue weighted by Gasteiger charge is -2.31. The van der Waals surface area contributed by atoms with Crippen LogP contribution >= 0.6 is 0 Å². The van der Waals surface area contributed by atoms with Crippen LogP contribution in [0.4, 0.5) is 4.79 Å². The summed E-state index contributed by atoms with van der Waals surface area (Å²) >= 11 is 0. The van der Waals surface area contributed by atoms with Gasteiger partial charge in [-0.2, -0.15) is 5.10 Å². The zero-order valence-electron chi connectivity index (χ0n) is 19.7. The third-order valence-electron chi connectivity index (χ3n) is 5.37. The molecule has 1 aliphatic rings. The SMILES string of the molecule is CCOC(=O)C1=C(CN(C)Cc2ccnn2C)NC(=O)NC1c1ccc(OC)c(COC)c1. The lowest BCUT2D eigenvalue weighted by molar-refractivity contribution is -0.139. The van der Waals surface area contributed by atoms with E-state index in [1.807, 2.05) is 37.2 Å². The third-order valence-corrected chi connectivity index (χ3v) is 5.37. The van der Waals surface area contributed by atoms with Gasteiger partial charge in [-0.1, -0.05) is 6.07 Å². The van der Waals surface area contributed by atoms with Gasteiger partial charge in [0.1, 0.15) is 5.75 Å². The first kappa shape index (κ1) is 24.3. The van der Waals surface area contributed by atoms with Crippen LogP contribution in [0.1, 0.15) is 29.8 Å². The molecule has 10 heteroatoms. The molecule has 178 valence electrons. The fourth-order valence-corrected chi connectivity index (χ4v) is 3.85. The number of carbonyl (C=O) groups excluding carboxylic acids is 2. The summed E-state index contributed by atoms with van der Waals surface area (Å²) in [5.41, 5.74) is 3.40. The van der Waals surface area contributed by atoms with Gasteiger partial charge in [0.15, 0.2) is 0 Å². The van der Waals surface area contributed by atoms with E-state index in [4.69, 9.17) is 14.2 Å². The van der Waals surface area contributed by atoms with Crippen LogP contribution in [0.15, 0.2) is 41.7 Å². The molecule has 0 radical (unpaired) electrons. The summed E-state index contributed by atoms with van der Waals surface area (Å²) in [6, 6.07) is 6.35. The van der Waals surface area contributed by atoms with E-state index in [0.717, 1.165) is 16.8 Å². The van der Waals surface area contributed by atoms with Gasteiger partial charge >= 0.3 is 12.0 Å². The van der Waals surface area contributed by atoms with Crippen LogP contribution in [0.5, 0.6) is 5.75 Å². The largest absolute Gasteiger partial charge is 0.496 e. The monoisotopic (exact) mass is 457 g/mol. The molecular weight excluding hydrogens is 426 g/mol. The van der Waals surface area contributed by atoms with Crippen molar-refractivity contribution in [1.82, 2.24) is 25.3 Å². The Balaban J connectivity index is 1.99. The maximum Gasteiger partial charge on any atom is 0.338 e. The van der Waals surface area contributed by atoms with Gasteiger partial charge in [-0.3, -0.25) is 9.58 Å². The highest BCUT2D eigenvalue weighted by molar-refractivity contribution is 5.95. The molecule has 1 aromatic carbocycles. The second kappa shape index (κ2) is 11.0. The molecule has 1 unspecified atom stereocenters. The minimum absolute atomic E-state index is 0.221. The minimum atomic E-state index is -0.681. The number of esters is 1. The second-order valence-corrected chi connectivity index (χ2v) is 7.77. The number of nitrogens with zero attached hydrogens (tertiary/aromatic N) is 3. The number of benzene rings is 1. The van der Waals surface area contributed by atoms with Gasteiger partial charge in [0, 0.05) is 44.7 Å². The van der Waals surface area contributed by atoms with Gasteiger partial charge in [0.2, 0.25) is 0 Å². The van der Waals surface area contributed by atoms with Crippen molar-refractivity contribution in [2.24, 2.45) is 7.05 Å². The number of nitrogens with one attached hydrogen (secondary N) is 2. The van der Waals surface area contributed by atoms with E-state index >= 15 is 0 Å². The molecule has 0 fully saturated rings. The molecule has 0 bridgehead atoms. The highest BCUT2D eigenvalue weighted by Gasteiger charge is 2.34. The van der Waals surface area contributed by atoms with Crippen molar-refractivity contribution in [3.8, 4) is 5.75 Å². The molecule has 1 atom stereocenters. The Morgan fingerprint density at radius 2 is 2.03 bits per heavy atom. The fraction of sp³-hybridized carbons (Fsp3) is 0.435. The number of rotatable bonds is 10. The summed E-state index contributed by atoms with van der Waals surface area (Å²) in [6.07, 6.45) is 1.73. The van der Waals surface area contributed by atoms with E-state index in [-0.39, 0.29) is 12.6 Å². The topological polar surface area (TPSA) is 107 Å². The Labute approximate surface area is 193 Å². The standard InChI is InChI=1S/C23H31N5O5/c1-6-33-22(29)20-18(13-27(2)12-17-9-10-24-28(17)3)25-23(30)26-21(20)15-7-8-19(32-5)16(11-15)14-31-4/h7-11,21H,6,12-14H2,1-5H3,(H2,25,26,30). The Hall–Kier alpha value is -3.37. The van der Waals surface area contributed by atoms with Gasteiger partial charge in [0.05, 0.1) is 37.6 Å². The summed E-state index contributed by atoms with van der Waals surface area (Å²) in [7, 11) is 6.96. The van der Waals surface area contributed by atoms with Crippen LogP contribution in [-0.2, 0) is 34.5 Å². The van der Waals surface area contributed by atoms with Gasteiger partial charge in [-0.05, 0) is 37.7 Å². The zero-order chi connectivity index (χ0) is 24.0. The van der Waals surface area contributed by atoms with Crippen LogP contribution in [0.2, 0.25) is 0 Å². The predicted molar refractivity (Wildman–Crippen MR) is 121 cm³/mol. The van der Waals surface area contributed by atoms with Crippen LogP contribution in [0, 0.1) is 0 Å². The molecule has 1 aliphatic heterocycles. The summed E-state index contributed by atoms with van der Waals surface area (Å²) in [6.45, 7) is 3.23. The molecule has 2 N–H and O–H groups in total. The van der Waals surface area contributed by atoms with Crippen LogP contribution < -0.4 is 15.4 Å². The molecular formula is C23H31N5O5. The Morgan fingerprint density at radius 1 is 1.24 bits per heavy atom. The molecule has 2 aromatic rings.